The molecule has 1 aromatic heterocycles. The number of rotatable bonds is 6. The van der Waals surface area contributed by atoms with Gasteiger partial charge in [0.1, 0.15) is 13.2 Å². The number of aromatic nitrogens is 2. The van der Waals surface area contributed by atoms with Gasteiger partial charge in [-0.15, -0.1) is 0 Å². The standard InChI is InChI=1S/C35H45N5O6S/c1-23-9-7-10-24(2)32(23)29-18-30-37-34(36-29)38-47(43,44)28-12-8-11-26(17-28)33(42)40(27(22-46-30)19-35(3,4)5)21-31(41)39(6)20-25-13-15-45-16-14-25/h7-12,17-18,25,27H,13-16,19-22H2,1-6H3,(H,36,37,38)/t27-/m1/s1. The molecule has 4 bridgehead atoms. The molecule has 11 nitrogen and oxygen atoms in total. The highest BCUT2D eigenvalue weighted by atomic mass is 32.2. The fourth-order valence-corrected chi connectivity index (χ4v) is 7.22. The number of aryl methyl sites for hydroxylation is 2. The van der Waals surface area contributed by atoms with Crippen molar-refractivity contribution in [3.05, 3.63) is 65.2 Å². The third kappa shape index (κ3) is 8.47. The van der Waals surface area contributed by atoms with Gasteiger partial charge in [-0.1, -0.05) is 45.0 Å². The summed E-state index contributed by atoms with van der Waals surface area (Å²) < 4.78 is 41.5. The molecule has 0 aliphatic carbocycles. The third-order valence-electron chi connectivity index (χ3n) is 8.63. The lowest BCUT2D eigenvalue weighted by Crippen LogP contribution is -2.50. The van der Waals surface area contributed by atoms with E-state index in [4.69, 9.17) is 9.47 Å². The van der Waals surface area contributed by atoms with Crippen molar-refractivity contribution < 1.29 is 27.5 Å². The molecule has 47 heavy (non-hydrogen) atoms. The number of ether oxygens (including phenoxy) is 2. The van der Waals surface area contributed by atoms with Crippen molar-refractivity contribution in [3.63, 3.8) is 0 Å². The van der Waals surface area contributed by atoms with E-state index in [-0.39, 0.29) is 46.8 Å². The normalized spacial score (nSPS) is 18.6. The highest BCUT2D eigenvalue weighted by Crippen LogP contribution is 2.31. The Bertz CT molecular complexity index is 1710. The van der Waals surface area contributed by atoms with Crippen molar-refractivity contribution in [2.24, 2.45) is 11.3 Å². The van der Waals surface area contributed by atoms with Crippen LogP contribution in [0.1, 0.15) is 61.5 Å². The van der Waals surface area contributed by atoms with Crippen LogP contribution in [-0.2, 0) is 19.6 Å². The number of nitrogens with one attached hydrogen (secondary N) is 1. The molecule has 1 fully saturated rings. The van der Waals surface area contributed by atoms with Gasteiger partial charge in [-0.05, 0) is 73.8 Å². The van der Waals surface area contributed by atoms with Crippen molar-refractivity contribution >= 4 is 27.8 Å². The minimum Gasteiger partial charge on any atom is -0.475 e. The number of hydrogen-bond donors (Lipinski definition) is 1. The Labute approximate surface area is 277 Å². The van der Waals surface area contributed by atoms with Crippen LogP contribution in [0.4, 0.5) is 5.95 Å². The first-order valence-corrected chi connectivity index (χ1v) is 17.5. The molecule has 0 unspecified atom stereocenters. The van der Waals surface area contributed by atoms with Gasteiger partial charge in [0.2, 0.25) is 17.7 Å². The number of amides is 2. The summed E-state index contributed by atoms with van der Waals surface area (Å²) in [5, 5.41) is 0. The number of nitrogens with zero attached hydrogens (tertiary/aromatic N) is 4. The lowest BCUT2D eigenvalue weighted by molar-refractivity contribution is -0.132. The van der Waals surface area contributed by atoms with Crippen LogP contribution in [0.25, 0.3) is 11.3 Å². The quantitative estimate of drug-likeness (QED) is 0.386. The van der Waals surface area contributed by atoms with E-state index in [1.165, 1.54) is 23.1 Å². The molecule has 252 valence electrons. The monoisotopic (exact) mass is 663 g/mol. The molecule has 12 heteroatoms. The summed E-state index contributed by atoms with van der Waals surface area (Å²) in [7, 11) is -2.44. The van der Waals surface area contributed by atoms with Crippen LogP contribution in [-0.4, -0.2) is 86.0 Å². The first-order valence-electron chi connectivity index (χ1n) is 16.0. The number of fused-ring (bicyclic) bond motifs is 4. The summed E-state index contributed by atoms with van der Waals surface area (Å²) in [6.07, 6.45) is 2.26. The number of benzene rings is 2. The molecule has 5 rings (SSSR count). The minimum absolute atomic E-state index is 0.0229. The Balaban J connectivity index is 1.58. The SMILES string of the molecule is Cc1cccc(C)c1-c1cc2nc(n1)NS(=O)(=O)c1cccc(c1)C(=O)N(CC(=O)N(C)CC1CCOCC1)[C@H](CC(C)(C)C)CO2. The van der Waals surface area contributed by atoms with Gasteiger partial charge in [0.25, 0.3) is 15.9 Å². The van der Waals surface area contributed by atoms with Gasteiger partial charge in [0.15, 0.2) is 0 Å². The Morgan fingerprint density at radius 3 is 2.40 bits per heavy atom. The number of anilines is 1. The highest BCUT2D eigenvalue weighted by molar-refractivity contribution is 7.92. The smallest absolute Gasteiger partial charge is 0.264 e. The molecule has 1 N–H and O–H groups in total. The molecule has 2 aromatic carbocycles. The Hall–Kier alpha value is -4.03. The van der Waals surface area contributed by atoms with Crippen molar-refractivity contribution in [2.45, 2.75) is 64.8 Å². The predicted octanol–water partition coefficient (Wildman–Crippen LogP) is 5.09. The molecular weight excluding hydrogens is 618 g/mol. The summed E-state index contributed by atoms with van der Waals surface area (Å²) in [6, 6.07) is 12.8. The average molecular weight is 664 g/mol. The van der Waals surface area contributed by atoms with Gasteiger partial charge in [-0.3, -0.25) is 9.59 Å². The van der Waals surface area contributed by atoms with Crippen LogP contribution >= 0.6 is 0 Å². The summed E-state index contributed by atoms with van der Waals surface area (Å²) in [5.41, 5.74) is 3.16. The topological polar surface area (TPSA) is 131 Å². The van der Waals surface area contributed by atoms with Crippen LogP contribution in [0.3, 0.4) is 0 Å². The van der Waals surface area contributed by atoms with Gasteiger partial charge in [-0.2, -0.15) is 4.98 Å². The summed E-state index contributed by atoms with van der Waals surface area (Å²) in [5.74, 6) is -0.341. The zero-order valence-electron chi connectivity index (χ0n) is 28.1. The van der Waals surface area contributed by atoms with Crippen molar-refractivity contribution in [3.8, 4) is 17.1 Å². The largest absolute Gasteiger partial charge is 0.475 e. The number of sulfonamides is 1. The molecule has 2 aliphatic heterocycles. The Morgan fingerprint density at radius 2 is 1.72 bits per heavy atom. The van der Waals surface area contributed by atoms with Crippen LogP contribution in [0.5, 0.6) is 5.88 Å². The van der Waals surface area contributed by atoms with Crippen molar-refractivity contribution in [1.29, 1.82) is 0 Å². The number of carbonyl (C=O) groups is 2. The van der Waals surface area contributed by atoms with Crippen LogP contribution in [0, 0.1) is 25.2 Å². The highest BCUT2D eigenvalue weighted by Gasteiger charge is 2.33. The minimum atomic E-state index is -4.20. The predicted molar refractivity (Wildman–Crippen MR) is 180 cm³/mol. The molecule has 3 aromatic rings. The van der Waals surface area contributed by atoms with Gasteiger partial charge in [0, 0.05) is 44.0 Å². The van der Waals surface area contributed by atoms with Crippen LogP contribution in [0.2, 0.25) is 0 Å². The zero-order chi connectivity index (χ0) is 33.9. The maximum absolute atomic E-state index is 14.3. The molecule has 1 atom stereocenters. The third-order valence-corrected chi connectivity index (χ3v) is 9.96. The van der Waals surface area contributed by atoms with Crippen LogP contribution in [0.15, 0.2) is 53.4 Å². The molecule has 2 amide bonds. The first kappa shape index (κ1) is 34.3. The maximum Gasteiger partial charge on any atom is 0.264 e. The van der Waals surface area contributed by atoms with E-state index in [9.17, 15) is 18.0 Å². The number of hydrogen-bond acceptors (Lipinski definition) is 8. The first-order chi connectivity index (χ1) is 22.2. The lowest BCUT2D eigenvalue weighted by atomic mass is 9.87. The Morgan fingerprint density at radius 1 is 1.04 bits per heavy atom. The second-order valence-corrected chi connectivity index (χ2v) is 15.5. The second kappa shape index (κ2) is 14.0. The Kier molecular flexibility index (Phi) is 10.2. The van der Waals surface area contributed by atoms with Crippen molar-refractivity contribution in [2.75, 3.05) is 44.7 Å². The molecule has 1 saturated heterocycles. The number of likely N-dealkylation sites (N-methyl/N-ethyl adjacent to an activating group) is 1. The average Bonchev–Trinajstić information content (AvgIpc) is 3.01. The fourth-order valence-electron chi connectivity index (χ4n) is 6.23. The second-order valence-electron chi connectivity index (χ2n) is 13.8. The van der Waals surface area contributed by atoms with E-state index < -0.39 is 22.0 Å². The van der Waals surface area contributed by atoms with E-state index in [1.54, 1.807) is 24.1 Å². The molecule has 0 spiro atoms. The maximum atomic E-state index is 14.3. The van der Waals surface area contributed by atoms with E-state index in [2.05, 4.69) is 35.5 Å². The summed E-state index contributed by atoms with van der Waals surface area (Å²) in [6.45, 7) is 11.9. The van der Waals surface area contributed by atoms with Gasteiger partial charge < -0.3 is 19.3 Å². The van der Waals surface area contributed by atoms with Crippen molar-refractivity contribution in [1.82, 2.24) is 19.8 Å². The fraction of sp³-hybridized carbons (Fsp3) is 0.486. The summed E-state index contributed by atoms with van der Waals surface area (Å²) >= 11 is 0. The molecule has 3 heterocycles. The molecule has 2 aliphatic rings. The lowest BCUT2D eigenvalue weighted by Gasteiger charge is -2.36. The molecule has 0 saturated carbocycles. The molecular formula is C35H45N5O6S. The van der Waals surface area contributed by atoms with E-state index in [0.717, 1.165) is 29.5 Å². The van der Waals surface area contributed by atoms with E-state index in [1.807, 2.05) is 32.0 Å². The van der Waals surface area contributed by atoms with E-state index >= 15 is 0 Å². The summed E-state index contributed by atoms with van der Waals surface area (Å²) in [4.78, 5) is 40.1. The zero-order valence-corrected chi connectivity index (χ0v) is 28.9. The van der Waals surface area contributed by atoms with Gasteiger partial charge in [-0.25, -0.2) is 18.1 Å². The van der Waals surface area contributed by atoms with Gasteiger partial charge >= 0.3 is 0 Å². The molecule has 0 radical (unpaired) electrons. The van der Waals surface area contributed by atoms with Gasteiger partial charge in [0.05, 0.1) is 16.6 Å². The van der Waals surface area contributed by atoms with E-state index in [0.29, 0.717) is 37.8 Å². The number of carbonyl (C=O) groups excluding carboxylic acids is 2. The van der Waals surface area contributed by atoms with Crippen LogP contribution < -0.4 is 9.46 Å².